The summed E-state index contributed by atoms with van der Waals surface area (Å²) in [5, 5.41) is 2.87. The van der Waals surface area contributed by atoms with Gasteiger partial charge < -0.3 is 5.32 Å². The number of carbonyl (C=O) groups is 1. The number of benzene rings is 2. The molecule has 0 saturated carbocycles. The van der Waals surface area contributed by atoms with Gasteiger partial charge in [0.15, 0.2) is 0 Å². The van der Waals surface area contributed by atoms with Gasteiger partial charge in [-0.05, 0) is 54.7 Å². The summed E-state index contributed by atoms with van der Waals surface area (Å²) in [5.41, 5.74) is 3.17. The molecule has 0 aliphatic carbocycles. The third-order valence-electron chi connectivity index (χ3n) is 5.65. The minimum Gasteiger partial charge on any atom is -0.325 e. The Bertz CT molecular complexity index is 1010. The number of nitrogens with one attached hydrogen (secondary N) is 1. The Morgan fingerprint density at radius 2 is 1.63 bits per heavy atom. The molecule has 30 heavy (non-hydrogen) atoms. The largest absolute Gasteiger partial charge is 0.325 e. The molecule has 0 atom stereocenters. The summed E-state index contributed by atoms with van der Waals surface area (Å²) >= 11 is 0. The average molecular weight is 426 g/mol. The van der Waals surface area contributed by atoms with Crippen molar-refractivity contribution in [2.75, 3.05) is 38.0 Å². The van der Waals surface area contributed by atoms with Crippen molar-refractivity contribution in [2.45, 2.75) is 24.2 Å². The van der Waals surface area contributed by atoms with E-state index in [-0.39, 0.29) is 10.8 Å². The first-order valence-electron chi connectivity index (χ1n) is 10.4. The van der Waals surface area contributed by atoms with Crippen molar-refractivity contribution >= 4 is 27.2 Å². The molecule has 2 aromatic rings. The summed E-state index contributed by atoms with van der Waals surface area (Å²) in [4.78, 5) is 14.8. The van der Waals surface area contributed by atoms with Crippen LogP contribution in [0.25, 0.3) is 5.57 Å². The van der Waals surface area contributed by atoms with Crippen molar-refractivity contribution in [1.29, 1.82) is 0 Å². The first-order chi connectivity index (χ1) is 14.5. The van der Waals surface area contributed by atoms with Gasteiger partial charge in [-0.3, -0.25) is 9.69 Å². The summed E-state index contributed by atoms with van der Waals surface area (Å²) in [5.74, 6) is -0.0956. The number of amides is 1. The quantitative estimate of drug-likeness (QED) is 0.772. The number of carbonyl (C=O) groups excluding carboxylic acids is 1. The van der Waals surface area contributed by atoms with Crippen LogP contribution in [-0.4, -0.2) is 56.3 Å². The van der Waals surface area contributed by atoms with Crippen molar-refractivity contribution in [3.05, 3.63) is 66.2 Å². The van der Waals surface area contributed by atoms with E-state index in [1.807, 2.05) is 18.2 Å². The van der Waals surface area contributed by atoms with Gasteiger partial charge in [0, 0.05) is 31.9 Å². The zero-order chi connectivity index (χ0) is 21.0. The second-order valence-corrected chi connectivity index (χ2v) is 9.70. The van der Waals surface area contributed by atoms with E-state index in [9.17, 15) is 13.2 Å². The monoisotopic (exact) mass is 425 g/mol. The zero-order valence-electron chi connectivity index (χ0n) is 17.0. The Hall–Kier alpha value is -2.48. The smallest absolute Gasteiger partial charge is 0.243 e. The number of hydrogen-bond donors (Lipinski definition) is 1. The van der Waals surface area contributed by atoms with E-state index < -0.39 is 10.0 Å². The van der Waals surface area contributed by atoms with Crippen LogP contribution in [0.3, 0.4) is 0 Å². The van der Waals surface area contributed by atoms with Crippen molar-refractivity contribution in [3.8, 4) is 0 Å². The maximum absolute atomic E-state index is 12.6. The molecule has 1 amide bonds. The molecular formula is C23H27N3O3S. The number of nitrogens with zero attached hydrogens (tertiary/aromatic N) is 2. The minimum atomic E-state index is -3.43. The average Bonchev–Trinajstić information content (AvgIpc) is 3.31. The first kappa shape index (κ1) is 20.8. The van der Waals surface area contributed by atoms with Crippen LogP contribution in [0.15, 0.2) is 65.6 Å². The molecule has 2 heterocycles. The van der Waals surface area contributed by atoms with Gasteiger partial charge in [-0.1, -0.05) is 36.4 Å². The molecule has 1 saturated heterocycles. The van der Waals surface area contributed by atoms with Gasteiger partial charge >= 0.3 is 0 Å². The predicted molar refractivity (Wildman–Crippen MR) is 119 cm³/mol. The van der Waals surface area contributed by atoms with Gasteiger partial charge in [0.2, 0.25) is 15.9 Å². The van der Waals surface area contributed by atoms with Crippen LogP contribution in [0.2, 0.25) is 0 Å². The third-order valence-corrected chi connectivity index (χ3v) is 7.56. The molecule has 0 spiro atoms. The molecule has 7 heteroatoms. The Balaban J connectivity index is 1.31. The Labute approximate surface area is 178 Å². The van der Waals surface area contributed by atoms with Crippen LogP contribution in [0.4, 0.5) is 5.69 Å². The molecule has 4 rings (SSSR count). The molecule has 0 radical (unpaired) electrons. The lowest BCUT2D eigenvalue weighted by atomic mass is 10.00. The van der Waals surface area contributed by atoms with Gasteiger partial charge in [-0.25, -0.2) is 8.42 Å². The zero-order valence-corrected chi connectivity index (χ0v) is 17.8. The molecule has 2 aliphatic rings. The van der Waals surface area contributed by atoms with E-state index in [2.05, 4.69) is 28.4 Å². The topological polar surface area (TPSA) is 69.7 Å². The second-order valence-electron chi connectivity index (χ2n) is 7.76. The molecular weight excluding hydrogens is 398 g/mol. The van der Waals surface area contributed by atoms with Gasteiger partial charge in [0.05, 0.1) is 11.4 Å². The minimum absolute atomic E-state index is 0.0956. The highest BCUT2D eigenvalue weighted by Gasteiger charge is 2.27. The SMILES string of the molecule is O=C(CN1CC=C(c2ccccc2)CC1)Nc1ccc(S(=O)(=O)N2CCCC2)cc1. The number of anilines is 1. The van der Waals surface area contributed by atoms with Crippen LogP contribution in [-0.2, 0) is 14.8 Å². The molecule has 1 fully saturated rings. The molecule has 0 bridgehead atoms. The highest BCUT2D eigenvalue weighted by atomic mass is 32.2. The summed E-state index contributed by atoms with van der Waals surface area (Å²) in [7, 11) is -3.43. The normalized spacial score (nSPS) is 18.2. The number of hydrogen-bond acceptors (Lipinski definition) is 4. The van der Waals surface area contributed by atoms with Gasteiger partial charge in [-0.2, -0.15) is 4.31 Å². The third kappa shape index (κ3) is 4.80. The lowest BCUT2D eigenvalue weighted by molar-refractivity contribution is -0.117. The summed E-state index contributed by atoms with van der Waals surface area (Å²) in [6.07, 6.45) is 4.92. The molecule has 1 N–H and O–H groups in total. The van der Waals surface area contributed by atoms with Crippen LogP contribution in [0.1, 0.15) is 24.8 Å². The van der Waals surface area contributed by atoms with E-state index in [0.717, 1.165) is 32.4 Å². The molecule has 158 valence electrons. The van der Waals surface area contributed by atoms with Crippen LogP contribution < -0.4 is 5.32 Å². The van der Waals surface area contributed by atoms with Crippen LogP contribution >= 0.6 is 0 Å². The Morgan fingerprint density at radius 1 is 0.933 bits per heavy atom. The summed E-state index contributed by atoms with van der Waals surface area (Å²) in [6, 6.07) is 16.8. The maximum Gasteiger partial charge on any atom is 0.243 e. The van der Waals surface area contributed by atoms with Crippen molar-refractivity contribution < 1.29 is 13.2 Å². The van der Waals surface area contributed by atoms with Crippen molar-refractivity contribution in [2.24, 2.45) is 0 Å². The van der Waals surface area contributed by atoms with E-state index in [1.165, 1.54) is 15.4 Å². The number of sulfonamides is 1. The van der Waals surface area contributed by atoms with Crippen LogP contribution in [0, 0.1) is 0 Å². The highest BCUT2D eigenvalue weighted by molar-refractivity contribution is 7.89. The van der Waals surface area contributed by atoms with Crippen molar-refractivity contribution in [3.63, 3.8) is 0 Å². The van der Waals surface area contributed by atoms with E-state index in [1.54, 1.807) is 24.3 Å². The lowest BCUT2D eigenvalue weighted by Gasteiger charge is -2.26. The van der Waals surface area contributed by atoms with Gasteiger partial charge in [0.25, 0.3) is 0 Å². The van der Waals surface area contributed by atoms with E-state index >= 15 is 0 Å². The first-order valence-corrected chi connectivity index (χ1v) is 11.8. The molecule has 0 unspecified atom stereocenters. The predicted octanol–water partition coefficient (Wildman–Crippen LogP) is 3.20. The fourth-order valence-electron chi connectivity index (χ4n) is 3.96. The fourth-order valence-corrected chi connectivity index (χ4v) is 5.48. The molecule has 6 nitrogen and oxygen atoms in total. The Morgan fingerprint density at radius 3 is 2.27 bits per heavy atom. The molecule has 2 aliphatic heterocycles. The fraction of sp³-hybridized carbons (Fsp3) is 0.348. The van der Waals surface area contributed by atoms with Gasteiger partial charge in [0.1, 0.15) is 0 Å². The molecule has 0 aromatic heterocycles. The number of rotatable bonds is 6. The van der Waals surface area contributed by atoms with E-state index in [0.29, 0.717) is 25.3 Å². The molecule has 2 aromatic carbocycles. The Kier molecular flexibility index (Phi) is 6.32. The summed E-state index contributed by atoms with van der Waals surface area (Å²) in [6.45, 7) is 3.05. The highest BCUT2D eigenvalue weighted by Crippen LogP contribution is 2.23. The van der Waals surface area contributed by atoms with E-state index in [4.69, 9.17) is 0 Å². The second kappa shape index (κ2) is 9.12. The van der Waals surface area contributed by atoms with Crippen LogP contribution in [0.5, 0.6) is 0 Å². The van der Waals surface area contributed by atoms with Crippen molar-refractivity contribution in [1.82, 2.24) is 9.21 Å². The lowest BCUT2D eigenvalue weighted by Crippen LogP contribution is -2.36. The maximum atomic E-state index is 12.6. The summed E-state index contributed by atoms with van der Waals surface area (Å²) < 4.78 is 26.7. The van der Waals surface area contributed by atoms with Gasteiger partial charge in [-0.15, -0.1) is 0 Å². The standard InChI is InChI=1S/C23H27N3O3S/c27-23(18-25-16-12-20(13-17-25)19-6-2-1-3-7-19)24-21-8-10-22(11-9-21)30(28,29)26-14-4-5-15-26/h1-3,6-12H,4-5,13-18H2,(H,24,27).